The van der Waals surface area contributed by atoms with Crippen LogP contribution in [0.25, 0.3) is 0 Å². The summed E-state index contributed by atoms with van der Waals surface area (Å²) in [5, 5.41) is 7.90. The summed E-state index contributed by atoms with van der Waals surface area (Å²) in [6.07, 6.45) is 3.06. The van der Waals surface area contributed by atoms with Crippen LogP contribution in [0.2, 0.25) is 0 Å². The van der Waals surface area contributed by atoms with Gasteiger partial charge in [0.2, 0.25) is 0 Å². The smallest absolute Gasteiger partial charge is 0.191 e. The number of rotatable bonds is 4. The summed E-state index contributed by atoms with van der Waals surface area (Å²) in [6.45, 7) is 2.79. The molecule has 0 radical (unpaired) electrons. The minimum absolute atomic E-state index is 0. The van der Waals surface area contributed by atoms with Gasteiger partial charge >= 0.3 is 0 Å². The van der Waals surface area contributed by atoms with Crippen LogP contribution < -0.4 is 10.6 Å². The van der Waals surface area contributed by atoms with Gasteiger partial charge < -0.3 is 10.6 Å². The number of aromatic nitrogens is 1. The maximum atomic E-state index is 4.36. The Morgan fingerprint density at radius 3 is 2.74 bits per heavy atom. The van der Waals surface area contributed by atoms with E-state index in [-0.39, 0.29) is 24.0 Å². The second-order valence-corrected chi connectivity index (χ2v) is 7.67. The molecule has 1 aliphatic carbocycles. The summed E-state index contributed by atoms with van der Waals surface area (Å²) >= 11 is 5.19. The zero-order valence-corrected chi connectivity index (χ0v) is 17.8. The van der Waals surface area contributed by atoms with Crippen molar-refractivity contribution >= 4 is 57.2 Å². The van der Waals surface area contributed by atoms with Crippen LogP contribution in [0.3, 0.4) is 0 Å². The number of thiazole rings is 1. The highest BCUT2D eigenvalue weighted by atomic mass is 127. The molecule has 3 rings (SSSR count). The van der Waals surface area contributed by atoms with Crippen molar-refractivity contribution in [3.8, 4) is 0 Å². The van der Waals surface area contributed by atoms with E-state index >= 15 is 0 Å². The molecule has 1 aliphatic rings. The molecule has 23 heavy (non-hydrogen) atoms. The van der Waals surface area contributed by atoms with Crippen LogP contribution in [0.5, 0.6) is 0 Å². The topological polar surface area (TPSA) is 49.3 Å². The van der Waals surface area contributed by atoms with Crippen molar-refractivity contribution < 1.29 is 0 Å². The Morgan fingerprint density at radius 1 is 1.39 bits per heavy atom. The molecule has 0 bridgehead atoms. The predicted octanol–water partition coefficient (Wildman–Crippen LogP) is 4.05. The van der Waals surface area contributed by atoms with Crippen LogP contribution in [0, 0.1) is 6.92 Å². The number of aryl methyl sites for hydroxylation is 1. The lowest BCUT2D eigenvalue weighted by atomic mass is 10.1. The molecule has 2 N–H and O–H groups in total. The van der Waals surface area contributed by atoms with Gasteiger partial charge in [0.25, 0.3) is 0 Å². The molecule has 7 heteroatoms. The Labute approximate surface area is 166 Å². The Bertz CT molecular complexity index is 671. The normalized spacial score (nSPS) is 19.9. The van der Waals surface area contributed by atoms with Crippen LogP contribution in [0.15, 0.2) is 39.9 Å². The zero-order valence-electron chi connectivity index (χ0n) is 13.0. The van der Waals surface area contributed by atoms with E-state index in [1.54, 1.807) is 18.4 Å². The number of nitrogens with zero attached hydrogens (tertiary/aromatic N) is 2. The number of hydrogen-bond donors (Lipinski definition) is 2. The fourth-order valence-corrected chi connectivity index (χ4v) is 3.44. The number of hydrogen-bond acceptors (Lipinski definition) is 3. The van der Waals surface area contributed by atoms with E-state index in [1.165, 1.54) is 10.4 Å². The predicted molar refractivity (Wildman–Crippen MR) is 111 cm³/mol. The Balaban J connectivity index is 0.00000192. The van der Waals surface area contributed by atoms with Crippen molar-refractivity contribution in [2.24, 2.45) is 4.99 Å². The van der Waals surface area contributed by atoms with Crippen LogP contribution in [0.4, 0.5) is 0 Å². The molecule has 1 aromatic carbocycles. The van der Waals surface area contributed by atoms with E-state index in [9.17, 15) is 0 Å². The quantitative estimate of drug-likeness (QED) is 0.373. The molecule has 4 nitrogen and oxygen atoms in total. The Hall–Kier alpha value is -0.670. The van der Waals surface area contributed by atoms with E-state index in [0.29, 0.717) is 18.5 Å². The second kappa shape index (κ2) is 8.43. The van der Waals surface area contributed by atoms with Gasteiger partial charge in [0.1, 0.15) is 5.01 Å². The van der Waals surface area contributed by atoms with Gasteiger partial charge in [0.05, 0.1) is 6.54 Å². The van der Waals surface area contributed by atoms with Crippen LogP contribution in [0.1, 0.15) is 27.8 Å². The molecule has 1 fully saturated rings. The Kier molecular flexibility index (Phi) is 6.84. The monoisotopic (exact) mass is 506 g/mol. The lowest BCUT2D eigenvalue weighted by Gasteiger charge is -2.10. The molecule has 1 aromatic heterocycles. The summed E-state index contributed by atoms with van der Waals surface area (Å²) < 4.78 is 1.12. The van der Waals surface area contributed by atoms with Gasteiger partial charge in [-0.1, -0.05) is 28.1 Å². The summed E-state index contributed by atoms with van der Waals surface area (Å²) in [6, 6.07) is 9.03. The number of halogens is 2. The van der Waals surface area contributed by atoms with E-state index < -0.39 is 0 Å². The lowest BCUT2D eigenvalue weighted by Crippen LogP contribution is -2.38. The highest BCUT2D eigenvalue weighted by Gasteiger charge is 2.38. The van der Waals surface area contributed by atoms with Gasteiger partial charge in [-0.25, -0.2) is 4.98 Å². The standard InChI is InChI=1S/C16H19BrN4S.HI/c1-10-8-19-15(22-10)9-20-16(18-2)21-14-7-13(14)11-3-5-12(17)6-4-11;/h3-6,8,13-14H,7,9H2,1-2H3,(H2,18,20,21);1H. The average molecular weight is 507 g/mol. The summed E-state index contributed by atoms with van der Waals surface area (Å²) in [5.74, 6) is 1.42. The number of nitrogens with one attached hydrogen (secondary N) is 2. The van der Waals surface area contributed by atoms with Crippen LogP contribution in [-0.4, -0.2) is 24.0 Å². The molecule has 1 heterocycles. The third-order valence-corrected chi connectivity index (χ3v) is 5.15. The first kappa shape index (κ1) is 18.7. The molecule has 124 valence electrons. The molecule has 1 saturated carbocycles. The molecule has 0 spiro atoms. The third kappa shape index (κ3) is 5.15. The van der Waals surface area contributed by atoms with Crippen molar-refractivity contribution in [1.29, 1.82) is 0 Å². The molecule has 0 saturated heterocycles. The van der Waals surface area contributed by atoms with E-state index in [0.717, 1.165) is 21.9 Å². The minimum Gasteiger partial charge on any atom is -0.353 e. The molecular formula is C16H20BrIN4S. The number of benzene rings is 1. The first-order chi connectivity index (χ1) is 10.7. The third-order valence-electron chi connectivity index (χ3n) is 3.71. The van der Waals surface area contributed by atoms with E-state index in [1.807, 2.05) is 6.20 Å². The SMILES string of the molecule is CN=C(NCc1ncc(C)s1)NC1CC1c1ccc(Br)cc1.I. The van der Waals surface area contributed by atoms with Gasteiger partial charge in [-0.3, -0.25) is 4.99 Å². The molecule has 0 amide bonds. The number of guanidine groups is 1. The van der Waals surface area contributed by atoms with Gasteiger partial charge in [-0.15, -0.1) is 35.3 Å². The van der Waals surface area contributed by atoms with Crippen molar-refractivity contribution in [2.75, 3.05) is 7.05 Å². The fourth-order valence-electron chi connectivity index (χ4n) is 2.45. The van der Waals surface area contributed by atoms with Gasteiger partial charge in [0.15, 0.2) is 5.96 Å². The van der Waals surface area contributed by atoms with Gasteiger partial charge in [-0.2, -0.15) is 0 Å². The minimum atomic E-state index is 0. The molecule has 2 aromatic rings. The van der Waals surface area contributed by atoms with Crippen LogP contribution in [-0.2, 0) is 6.54 Å². The first-order valence-corrected chi connectivity index (χ1v) is 8.90. The average Bonchev–Trinajstić information content (AvgIpc) is 3.16. The van der Waals surface area contributed by atoms with Crippen molar-refractivity contribution in [2.45, 2.75) is 31.8 Å². The first-order valence-electron chi connectivity index (χ1n) is 7.29. The fraction of sp³-hybridized carbons (Fsp3) is 0.375. The van der Waals surface area contributed by atoms with E-state index in [4.69, 9.17) is 0 Å². The van der Waals surface area contributed by atoms with E-state index in [2.05, 4.69) is 67.7 Å². The van der Waals surface area contributed by atoms with Crippen molar-refractivity contribution in [3.63, 3.8) is 0 Å². The summed E-state index contributed by atoms with van der Waals surface area (Å²) in [7, 11) is 1.81. The highest BCUT2D eigenvalue weighted by molar-refractivity contribution is 14.0. The zero-order chi connectivity index (χ0) is 15.5. The summed E-state index contributed by atoms with van der Waals surface area (Å²) in [5.41, 5.74) is 1.38. The molecule has 2 atom stereocenters. The molecule has 0 aliphatic heterocycles. The van der Waals surface area contributed by atoms with Gasteiger partial charge in [-0.05, 0) is 31.0 Å². The van der Waals surface area contributed by atoms with Gasteiger partial charge in [0, 0.05) is 34.6 Å². The van der Waals surface area contributed by atoms with Crippen molar-refractivity contribution in [3.05, 3.63) is 50.4 Å². The largest absolute Gasteiger partial charge is 0.353 e. The lowest BCUT2D eigenvalue weighted by molar-refractivity contribution is 0.787. The second-order valence-electron chi connectivity index (χ2n) is 5.43. The molecule has 2 unspecified atom stereocenters. The number of aliphatic imine (C=N–C) groups is 1. The maximum absolute atomic E-state index is 4.36. The highest BCUT2D eigenvalue weighted by Crippen LogP contribution is 2.40. The molecular weight excluding hydrogens is 487 g/mol. The Morgan fingerprint density at radius 2 is 2.13 bits per heavy atom. The summed E-state index contributed by atoms with van der Waals surface area (Å²) in [4.78, 5) is 9.89. The van der Waals surface area contributed by atoms with Crippen molar-refractivity contribution in [1.82, 2.24) is 15.6 Å². The van der Waals surface area contributed by atoms with Crippen LogP contribution >= 0.6 is 51.2 Å². The maximum Gasteiger partial charge on any atom is 0.191 e.